The molecule has 1 aromatic rings. The first-order chi connectivity index (χ1) is 8.28. The maximum Gasteiger partial charge on any atom is 0.127 e. The van der Waals surface area contributed by atoms with Gasteiger partial charge in [0.05, 0.1) is 0 Å². The highest BCUT2D eigenvalue weighted by Gasteiger charge is 2.07. The van der Waals surface area contributed by atoms with Gasteiger partial charge in [0.15, 0.2) is 0 Å². The first-order valence-corrected chi connectivity index (χ1v) is 5.49. The van der Waals surface area contributed by atoms with E-state index >= 15 is 0 Å². The Bertz CT molecular complexity index is 446. The third kappa shape index (κ3) is 3.28. The molecule has 0 N–H and O–H groups in total. The van der Waals surface area contributed by atoms with Crippen molar-refractivity contribution >= 4 is 6.29 Å². The molecule has 0 saturated carbocycles. The summed E-state index contributed by atoms with van der Waals surface area (Å²) in [5.41, 5.74) is 0.915. The summed E-state index contributed by atoms with van der Waals surface area (Å²) in [7, 11) is 0. The van der Waals surface area contributed by atoms with Crippen LogP contribution in [-0.2, 0) is 16.1 Å². The van der Waals surface area contributed by atoms with Crippen molar-refractivity contribution in [1.82, 2.24) is 0 Å². The van der Waals surface area contributed by atoms with Gasteiger partial charge in [-0.1, -0.05) is 18.2 Å². The number of carbonyl (C=O) groups excluding carboxylic acids is 1. The molecule has 1 atom stereocenters. The van der Waals surface area contributed by atoms with Crippen molar-refractivity contribution in [2.45, 2.75) is 13.0 Å². The molecule has 0 amide bonds. The van der Waals surface area contributed by atoms with Crippen LogP contribution < -0.4 is 0 Å². The van der Waals surface area contributed by atoms with E-state index in [0.717, 1.165) is 17.6 Å². The summed E-state index contributed by atoms with van der Waals surface area (Å²) in [4.78, 5) is 10.5. The summed E-state index contributed by atoms with van der Waals surface area (Å²) in [5.74, 6) is 0.472. The largest absolute Gasteiger partial charge is 0.489 e. The van der Waals surface area contributed by atoms with Gasteiger partial charge in [-0.2, -0.15) is 0 Å². The molecule has 1 aliphatic carbocycles. The van der Waals surface area contributed by atoms with Gasteiger partial charge < -0.3 is 9.53 Å². The molecule has 1 unspecified atom stereocenters. The number of aldehydes is 1. The summed E-state index contributed by atoms with van der Waals surface area (Å²) >= 11 is 0. The Labute approximate surface area is 99.4 Å². The second-order valence-electron chi connectivity index (χ2n) is 3.92. The third-order valence-electron chi connectivity index (χ3n) is 2.59. The van der Waals surface area contributed by atoms with E-state index < -0.39 is 0 Å². The van der Waals surface area contributed by atoms with Crippen LogP contribution in [0.25, 0.3) is 0 Å². The summed E-state index contributed by atoms with van der Waals surface area (Å²) in [6.45, 7) is 0.405. The molecule has 3 heteroatoms. The number of halogens is 1. The highest BCUT2D eigenvalue weighted by atomic mass is 19.1. The maximum atomic E-state index is 12.7. The zero-order chi connectivity index (χ0) is 12.1. The molecule has 0 bridgehead atoms. The predicted molar refractivity (Wildman–Crippen MR) is 62.6 cm³/mol. The molecule has 2 rings (SSSR count). The minimum atomic E-state index is -0.251. The van der Waals surface area contributed by atoms with Gasteiger partial charge >= 0.3 is 0 Å². The smallest absolute Gasteiger partial charge is 0.127 e. The van der Waals surface area contributed by atoms with E-state index in [9.17, 15) is 9.18 Å². The van der Waals surface area contributed by atoms with Crippen LogP contribution in [0.2, 0.25) is 0 Å². The third-order valence-corrected chi connectivity index (χ3v) is 2.59. The van der Waals surface area contributed by atoms with Crippen LogP contribution in [0.3, 0.4) is 0 Å². The van der Waals surface area contributed by atoms with Gasteiger partial charge in [0.1, 0.15) is 24.5 Å². The lowest BCUT2D eigenvalue weighted by molar-refractivity contribution is -0.109. The standard InChI is InChI=1S/C14H13FO2/c15-13-5-1-12(2-6-13)10-17-14-7-3-11(9-16)4-8-14/h1-3,5-9,11H,4,10H2. The van der Waals surface area contributed by atoms with Crippen molar-refractivity contribution in [2.75, 3.05) is 0 Å². The lowest BCUT2D eigenvalue weighted by Gasteiger charge is -2.12. The average Bonchev–Trinajstić information content (AvgIpc) is 2.39. The molecule has 88 valence electrons. The molecule has 0 fully saturated rings. The molecule has 2 nitrogen and oxygen atoms in total. The van der Waals surface area contributed by atoms with Crippen molar-refractivity contribution in [2.24, 2.45) is 5.92 Å². The second kappa shape index (κ2) is 5.43. The molecular weight excluding hydrogens is 219 g/mol. The van der Waals surface area contributed by atoms with Crippen LogP contribution in [0.5, 0.6) is 0 Å². The van der Waals surface area contributed by atoms with Crippen molar-refractivity contribution in [3.8, 4) is 0 Å². The minimum absolute atomic E-state index is 0.0341. The van der Waals surface area contributed by atoms with Crippen molar-refractivity contribution < 1.29 is 13.9 Å². The van der Waals surface area contributed by atoms with Crippen LogP contribution in [0.4, 0.5) is 4.39 Å². The Kier molecular flexibility index (Phi) is 3.70. The molecule has 0 aliphatic heterocycles. The highest BCUT2D eigenvalue weighted by Crippen LogP contribution is 2.17. The van der Waals surface area contributed by atoms with Crippen LogP contribution >= 0.6 is 0 Å². The summed E-state index contributed by atoms with van der Waals surface area (Å²) in [5, 5.41) is 0. The van der Waals surface area contributed by atoms with Gasteiger partial charge in [-0.3, -0.25) is 0 Å². The maximum absolute atomic E-state index is 12.7. The first kappa shape index (κ1) is 11.6. The van der Waals surface area contributed by atoms with Gasteiger partial charge in [0.2, 0.25) is 0 Å². The molecule has 1 aromatic carbocycles. The lowest BCUT2D eigenvalue weighted by Crippen LogP contribution is -2.02. The van der Waals surface area contributed by atoms with Crippen LogP contribution in [0.15, 0.2) is 48.3 Å². The number of benzene rings is 1. The van der Waals surface area contributed by atoms with E-state index in [1.165, 1.54) is 12.1 Å². The summed E-state index contributed by atoms with van der Waals surface area (Å²) in [6, 6.07) is 6.20. The number of carbonyl (C=O) groups is 1. The van der Waals surface area contributed by atoms with Crippen molar-refractivity contribution in [3.63, 3.8) is 0 Å². The van der Waals surface area contributed by atoms with Gasteiger partial charge in [-0.05, 0) is 36.3 Å². The highest BCUT2D eigenvalue weighted by molar-refractivity contribution is 5.58. The molecule has 0 aromatic heterocycles. The van der Waals surface area contributed by atoms with Gasteiger partial charge in [0, 0.05) is 5.92 Å². The topological polar surface area (TPSA) is 26.3 Å². The Balaban J connectivity index is 1.87. The summed E-state index contributed by atoms with van der Waals surface area (Å²) < 4.78 is 18.2. The van der Waals surface area contributed by atoms with E-state index in [1.54, 1.807) is 18.2 Å². The molecule has 17 heavy (non-hydrogen) atoms. The zero-order valence-electron chi connectivity index (χ0n) is 9.30. The monoisotopic (exact) mass is 232 g/mol. The number of ether oxygens (including phenoxy) is 1. The van der Waals surface area contributed by atoms with E-state index in [4.69, 9.17) is 4.74 Å². The normalized spacial score (nSPS) is 18.6. The van der Waals surface area contributed by atoms with Crippen molar-refractivity contribution in [1.29, 1.82) is 0 Å². The lowest BCUT2D eigenvalue weighted by atomic mass is 10.0. The molecule has 0 saturated heterocycles. The van der Waals surface area contributed by atoms with E-state index in [-0.39, 0.29) is 11.7 Å². The minimum Gasteiger partial charge on any atom is -0.489 e. The number of hydrogen-bond acceptors (Lipinski definition) is 2. The summed E-state index contributed by atoms with van der Waals surface area (Å²) in [6.07, 6.45) is 7.12. The van der Waals surface area contributed by atoms with Crippen LogP contribution in [0, 0.1) is 11.7 Å². The van der Waals surface area contributed by atoms with Gasteiger partial charge in [0.25, 0.3) is 0 Å². The Morgan fingerprint density at radius 1 is 1.35 bits per heavy atom. The fourth-order valence-electron chi connectivity index (χ4n) is 1.57. The van der Waals surface area contributed by atoms with E-state index in [0.29, 0.717) is 13.0 Å². The first-order valence-electron chi connectivity index (χ1n) is 5.49. The SMILES string of the molecule is O=CC1C=CC(OCc2ccc(F)cc2)=CC1. The molecule has 1 aliphatic rings. The van der Waals surface area contributed by atoms with E-state index in [1.807, 2.05) is 12.2 Å². The van der Waals surface area contributed by atoms with E-state index in [2.05, 4.69) is 0 Å². The number of hydrogen-bond donors (Lipinski definition) is 0. The Morgan fingerprint density at radius 2 is 2.12 bits per heavy atom. The Hall–Kier alpha value is -1.90. The average molecular weight is 232 g/mol. The second-order valence-corrected chi connectivity index (χ2v) is 3.92. The zero-order valence-corrected chi connectivity index (χ0v) is 9.30. The quantitative estimate of drug-likeness (QED) is 0.746. The molecule has 0 radical (unpaired) electrons. The van der Waals surface area contributed by atoms with Crippen LogP contribution in [0.1, 0.15) is 12.0 Å². The number of rotatable bonds is 4. The predicted octanol–water partition coefficient (Wildman–Crippen LogP) is 3.00. The fraction of sp³-hybridized carbons (Fsp3) is 0.214. The van der Waals surface area contributed by atoms with Gasteiger partial charge in [-0.25, -0.2) is 4.39 Å². The fourth-order valence-corrected chi connectivity index (χ4v) is 1.57. The van der Waals surface area contributed by atoms with Crippen molar-refractivity contribution in [3.05, 3.63) is 59.6 Å². The Morgan fingerprint density at radius 3 is 2.71 bits per heavy atom. The van der Waals surface area contributed by atoms with Crippen LogP contribution in [-0.4, -0.2) is 6.29 Å². The van der Waals surface area contributed by atoms with Gasteiger partial charge in [-0.15, -0.1) is 0 Å². The number of allylic oxidation sites excluding steroid dienone is 3. The molecule has 0 spiro atoms. The molecule has 0 heterocycles. The molecular formula is C14H13FO2.